The molecule has 15 heteroatoms. The Morgan fingerprint density at radius 1 is 0.520 bits per heavy atom. The minimum absolute atomic E-state index is 0.126. The van der Waals surface area contributed by atoms with Crippen LogP contribution in [-0.2, 0) is 48.2 Å². The fourth-order valence-electron chi connectivity index (χ4n) is 3.40. The van der Waals surface area contributed by atoms with E-state index in [1.54, 1.807) is 78.1 Å². The Morgan fingerprint density at radius 3 is 1.20 bits per heavy atom. The lowest BCUT2D eigenvalue weighted by Gasteiger charge is -1.98. The van der Waals surface area contributed by atoms with E-state index in [-0.39, 0.29) is 29.6 Å². The molecule has 276 valence electrons. The highest BCUT2D eigenvalue weighted by Gasteiger charge is 2.13. The van der Waals surface area contributed by atoms with Gasteiger partial charge in [-0.1, -0.05) is 0 Å². The number of carbonyl (C=O) groups excluding carboxylic acids is 4. The van der Waals surface area contributed by atoms with Gasteiger partial charge in [0.05, 0.1) is 26.4 Å². The summed E-state index contributed by atoms with van der Waals surface area (Å²) in [6.45, 7) is 13.2. The molecule has 4 aromatic heterocycles. The molecule has 4 heterocycles. The first-order chi connectivity index (χ1) is 24.1. The highest BCUT2D eigenvalue weighted by molar-refractivity contribution is 5.87. The molecule has 0 saturated heterocycles. The lowest BCUT2D eigenvalue weighted by molar-refractivity contribution is 0.0472. The molecule has 0 aliphatic carbocycles. The van der Waals surface area contributed by atoms with Gasteiger partial charge in [0.15, 0.2) is 0 Å². The highest BCUT2D eigenvalue weighted by Crippen LogP contribution is 2.12. The van der Waals surface area contributed by atoms with Crippen LogP contribution in [0.1, 0.15) is 99.9 Å². The number of carbonyl (C=O) groups is 4. The van der Waals surface area contributed by atoms with E-state index in [9.17, 15) is 19.2 Å². The summed E-state index contributed by atoms with van der Waals surface area (Å²) in [4.78, 5) is 44.2. The van der Waals surface area contributed by atoms with Crippen molar-refractivity contribution >= 4 is 23.9 Å². The average Bonchev–Trinajstić information content (AvgIpc) is 3.93. The number of aliphatic hydroxyl groups is 1. The maximum atomic E-state index is 11.2. The first-order valence-corrected chi connectivity index (χ1v) is 15.8. The molecule has 0 aromatic carbocycles. The van der Waals surface area contributed by atoms with E-state index in [4.69, 9.17) is 46.5 Å². The summed E-state index contributed by atoms with van der Waals surface area (Å²) in [5, 5.41) is 8.62. The van der Waals surface area contributed by atoms with Crippen LogP contribution in [0.2, 0.25) is 0 Å². The van der Waals surface area contributed by atoms with Crippen molar-refractivity contribution in [1.82, 2.24) is 0 Å². The van der Waals surface area contributed by atoms with Crippen molar-refractivity contribution in [2.45, 2.75) is 61.4 Å². The predicted octanol–water partition coefficient (Wildman–Crippen LogP) is 6.31. The Labute approximate surface area is 290 Å². The summed E-state index contributed by atoms with van der Waals surface area (Å²) < 4.78 is 49.1. The van der Waals surface area contributed by atoms with Gasteiger partial charge < -0.3 is 51.2 Å². The van der Waals surface area contributed by atoms with Gasteiger partial charge in [0, 0.05) is 13.7 Å². The fourth-order valence-corrected chi connectivity index (χ4v) is 3.40. The molecule has 4 rings (SSSR count). The maximum Gasteiger partial charge on any atom is 0.374 e. The quantitative estimate of drug-likeness (QED) is 0.113. The number of hydrogen-bond donors (Lipinski definition) is 1. The van der Waals surface area contributed by atoms with Crippen LogP contribution >= 0.6 is 0 Å². The predicted molar refractivity (Wildman–Crippen MR) is 175 cm³/mol. The van der Waals surface area contributed by atoms with Gasteiger partial charge >= 0.3 is 23.9 Å². The number of aliphatic hydroxyl groups excluding tert-OH is 1. The molecule has 50 heavy (non-hydrogen) atoms. The zero-order valence-electron chi connectivity index (χ0n) is 29.4. The van der Waals surface area contributed by atoms with Gasteiger partial charge in [-0.15, -0.1) is 0 Å². The van der Waals surface area contributed by atoms with Crippen molar-refractivity contribution in [3.63, 3.8) is 0 Å². The molecular weight excluding hydrogens is 660 g/mol. The zero-order chi connectivity index (χ0) is 37.3. The van der Waals surface area contributed by atoms with Crippen molar-refractivity contribution in [1.29, 1.82) is 0 Å². The van der Waals surface area contributed by atoms with Crippen molar-refractivity contribution in [2.24, 2.45) is 0 Å². The van der Waals surface area contributed by atoms with Gasteiger partial charge in [0.1, 0.15) is 42.9 Å². The molecule has 0 saturated carbocycles. The van der Waals surface area contributed by atoms with Crippen molar-refractivity contribution in [2.75, 3.05) is 40.1 Å². The monoisotopic (exact) mass is 706 g/mol. The number of hydrogen-bond acceptors (Lipinski definition) is 15. The average molecular weight is 707 g/mol. The highest BCUT2D eigenvalue weighted by atomic mass is 16.6. The number of aryl methyl sites for hydroxylation is 1. The molecule has 0 unspecified atom stereocenters. The molecule has 0 bridgehead atoms. The summed E-state index contributed by atoms with van der Waals surface area (Å²) in [6, 6.07) is 12.9. The molecule has 0 aliphatic rings. The zero-order valence-corrected chi connectivity index (χ0v) is 29.4. The van der Waals surface area contributed by atoms with Crippen LogP contribution in [0.5, 0.6) is 0 Å². The Hall–Kier alpha value is -5.12. The van der Waals surface area contributed by atoms with Gasteiger partial charge in [-0.25, -0.2) is 19.2 Å². The first kappa shape index (κ1) is 42.9. The van der Waals surface area contributed by atoms with Gasteiger partial charge in [-0.05, 0) is 90.1 Å². The first-order valence-electron chi connectivity index (χ1n) is 15.8. The summed E-state index contributed by atoms with van der Waals surface area (Å²) >= 11 is 0. The number of methoxy groups -OCH3 is 1. The number of furan rings is 4. The van der Waals surface area contributed by atoms with Gasteiger partial charge in [0.2, 0.25) is 23.0 Å². The van der Waals surface area contributed by atoms with Crippen molar-refractivity contribution < 1.29 is 70.4 Å². The molecule has 1 N–H and O–H groups in total. The molecular formula is C35H46O15. The molecule has 0 amide bonds. The smallest absolute Gasteiger partial charge is 0.374 e. The molecule has 0 radical (unpaired) electrons. The Kier molecular flexibility index (Phi) is 21.4. The second-order valence-corrected chi connectivity index (χ2v) is 9.32. The third-order valence-electron chi connectivity index (χ3n) is 5.52. The third-order valence-corrected chi connectivity index (χ3v) is 5.52. The minimum Gasteiger partial charge on any atom is -0.460 e. The van der Waals surface area contributed by atoms with Crippen molar-refractivity contribution in [3.8, 4) is 0 Å². The lowest BCUT2D eigenvalue weighted by Crippen LogP contribution is -2.02. The summed E-state index contributed by atoms with van der Waals surface area (Å²) in [7, 11) is 1.56. The summed E-state index contributed by atoms with van der Waals surface area (Å²) in [6.07, 6.45) is 0. The minimum atomic E-state index is -0.503. The SMILES string of the molecule is CCOC(=O)c1ccc(C)o1.CCOC(=O)c1ccc(CO)o1.CCOC(=O)c1ccc(COC)o1.CCOCc1ccc(C(=O)OCC)o1. The van der Waals surface area contributed by atoms with E-state index >= 15 is 0 Å². The molecule has 0 fully saturated rings. The van der Waals surface area contributed by atoms with Crippen LogP contribution in [-0.4, -0.2) is 69.1 Å². The van der Waals surface area contributed by atoms with Crippen LogP contribution in [0.3, 0.4) is 0 Å². The normalized spacial score (nSPS) is 9.92. The molecule has 4 aromatic rings. The van der Waals surface area contributed by atoms with E-state index in [0.717, 1.165) is 0 Å². The van der Waals surface area contributed by atoms with Gasteiger partial charge in [-0.3, -0.25) is 0 Å². The molecule has 0 atom stereocenters. The van der Waals surface area contributed by atoms with Gasteiger partial charge in [0.25, 0.3) is 0 Å². The van der Waals surface area contributed by atoms with E-state index in [1.165, 1.54) is 12.1 Å². The van der Waals surface area contributed by atoms with Crippen molar-refractivity contribution in [3.05, 3.63) is 94.6 Å². The molecule has 15 nitrogen and oxygen atoms in total. The van der Waals surface area contributed by atoms with E-state index in [2.05, 4.69) is 4.74 Å². The topological polar surface area (TPSA) is 196 Å². The lowest BCUT2D eigenvalue weighted by atomic mass is 10.4. The van der Waals surface area contributed by atoms with Crippen LogP contribution < -0.4 is 0 Å². The van der Waals surface area contributed by atoms with Crippen LogP contribution in [0.15, 0.2) is 66.2 Å². The van der Waals surface area contributed by atoms with Crippen LogP contribution in [0.4, 0.5) is 0 Å². The fraction of sp³-hybridized carbons (Fsp3) is 0.429. The Morgan fingerprint density at radius 2 is 0.880 bits per heavy atom. The largest absolute Gasteiger partial charge is 0.460 e. The summed E-state index contributed by atoms with van der Waals surface area (Å²) in [5.41, 5.74) is 0. The molecule has 0 aliphatic heterocycles. The van der Waals surface area contributed by atoms with E-state index in [1.807, 2.05) is 6.92 Å². The standard InChI is InChI=1S/C10H14O4.C9H12O4.C8H10O4.C8H10O3/c1-3-12-7-8-5-6-9(14-8)10(11)13-4-2;1-3-12-9(10)8-5-4-7(13-8)6-11-2;1-2-11-8(10)7-4-3-6(5-9)12-7;1-3-10-8(9)7-5-4-6(2)11-7/h5-6H,3-4,7H2,1-2H3;4-5H,3,6H2,1-2H3;3-4,9H,2,5H2,1H3;4-5H,3H2,1-2H3. The third kappa shape index (κ3) is 16.3. The van der Waals surface area contributed by atoms with Crippen LogP contribution in [0, 0.1) is 6.92 Å². The van der Waals surface area contributed by atoms with E-state index < -0.39 is 23.9 Å². The Bertz CT molecular complexity index is 1540. The number of esters is 4. The second-order valence-electron chi connectivity index (χ2n) is 9.32. The van der Waals surface area contributed by atoms with E-state index in [0.29, 0.717) is 69.3 Å². The number of ether oxygens (including phenoxy) is 6. The second kappa shape index (κ2) is 24.9. The van der Waals surface area contributed by atoms with Crippen LogP contribution in [0.25, 0.3) is 0 Å². The van der Waals surface area contributed by atoms with Gasteiger partial charge in [-0.2, -0.15) is 0 Å². The Balaban J connectivity index is 0.000000335. The summed E-state index contributed by atoms with van der Waals surface area (Å²) in [5.74, 6) is 1.38. The number of rotatable bonds is 14. The molecule has 0 spiro atoms. The maximum absolute atomic E-state index is 11.2.